The highest BCUT2D eigenvalue weighted by atomic mass is 16.7. The van der Waals surface area contributed by atoms with Crippen LogP contribution in [0.1, 0.15) is 322 Å². The van der Waals surface area contributed by atoms with Gasteiger partial charge in [0.25, 0.3) is 0 Å². The predicted molar refractivity (Wildman–Crippen MR) is 321 cm³/mol. The zero-order valence-corrected chi connectivity index (χ0v) is 50.2. The summed E-state index contributed by atoms with van der Waals surface area (Å²) in [5, 5.41) is 76.4. The maximum absolute atomic E-state index is 13.2. The number of amides is 1. The lowest BCUT2D eigenvalue weighted by molar-refractivity contribution is -0.303. The molecule has 1 aliphatic heterocycles. The Morgan fingerprint density at radius 2 is 0.766 bits per heavy atom. The number of hydrogen-bond donors (Lipinski definition) is 8. The van der Waals surface area contributed by atoms with Gasteiger partial charge in [0.1, 0.15) is 36.6 Å². The average molecular weight is 1090 g/mol. The molecule has 0 aromatic carbocycles. The maximum Gasteiger partial charge on any atom is 0.249 e. The average Bonchev–Trinajstić information content (AvgIpc) is 3.43. The van der Waals surface area contributed by atoms with E-state index in [0.717, 1.165) is 57.8 Å². The van der Waals surface area contributed by atoms with Crippen LogP contribution in [0.5, 0.6) is 0 Å². The summed E-state index contributed by atoms with van der Waals surface area (Å²) in [6, 6.07) is -1.19. The van der Waals surface area contributed by atoms with Crippen molar-refractivity contribution >= 4 is 5.91 Å². The van der Waals surface area contributed by atoms with E-state index in [0.29, 0.717) is 12.8 Å². The molecule has 1 amide bonds. The molecule has 77 heavy (non-hydrogen) atoms. The second-order valence-electron chi connectivity index (χ2n) is 23.5. The highest BCUT2D eigenvalue weighted by molar-refractivity contribution is 5.80. The Kier molecular flexibility index (Phi) is 52.7. The van der Waals surface area contributed by atoms with Crippen molar-refractivity contribution in [3.63, 3.8) is 0 Å². The SMILES string of the molecule is CCCCCCCCCCCCCC/C=C\CCCCCCCCC(O)C(=O)NC(COC1OC(CO)C(O)C(O)C1O)C(O)C(O)CCC/C=C/CCCCCCCCCCCCCCCCCCCCCCCCC. The molecule has 0 saturated carbocycles. The zero-order chi connectivity index (χ0) is 56.1. The fraction of sp³-hybridized carbons (Fsp3) is 0.924. The van der Waals surface area contributed by atoms with Crippen molar-refractivity contribution < 1.29 is 50.0 Å². The standard InChI is InChI=1S/C66H127NO10/c1-3-5-7-9-11-13-15-17-19-21-23-25-27-28-29-30-31-32-34-35-37-39-41-43-45-47-49-51-53-58(69)61(71)57(56-76-66-64(74)63(73)62(72)60(55-68)77-66)67-65(75)59(70)54-52-50-48-46-44-42-40-38-36-33-26-24-22-20-18-16-14-12-10-8-6-4-2/h36,38,45,47,57-64,66,68-74H,3-35,37,39-44,46,48-56H2,1-2H3,(H,67,75)/b38-36-,47-45+. The molecule has 456 valence electrons. The topological polar surface area (TPSA) is 189 Å². The van der Waals surface area contributed by atoms with E-state index < -0.39 is 74.2 Å². The highest BCUT2D eigenvalue weighted by Gasteiger charge is 2.44. The molecule has 1 saturated heterocycles. The first kappa shape index (κ1) is 73.6. The normalized spacial score (nSPS) is 19.6. The minimum absolute atomic E-state index is 0.249. The molecule has 0 spiro atoms. The van der Waals surface area contributed by atoms with E-state index in [1.54, 1.807) is 0 Å². The number of carbonyl (C=O) groups is 1. The predicted octanol–water partition coefficient (Wildman–Crippen LogP) is 15.2. The molecule has 0 radical (unpaired) electrons. The Bertz CT molecular complexity index is 1300. The van der Waals surface area contributed by atoms with Crippen molar-refractivity contribution in [2.24, 2.45) is 0 Å². The molecule has 1 aliphatic rings. The van der Waals surface area contributed by atoms with Crippen molar-refractivity contribution in [1.29, 1.82) is 0 Å². The minimum Gasteiger partial charge on any atom is -0.394 e. The van der Waals surface area contributed by atoms with Gasteiger partial charge in [-0.3, -0.25) is 4.79 Å². The summed E-state index contributed by atoms with van der Waals surface area (Å²) >= 11 is 0. The fourth-order valence-electron chi connectivity index (χ4n) is 10.9. The zero-order valence-electron chi connectivity index (χ0n) is 50.2. The summed E-state index contributed by atoms with van der Waals surface area (Å²) in [6.07, 6.45) is 56.8. The van der Waals surface area contributed by atoms with E-state index in [1.807, 2.05) is 0 Å². The van der Waals surface area contributed by atoms with E-state index in [2.05, 4.69) is 43.5 Å². The first-order valence-electron chi connectivity index (χ1n) is 33.2. The summed E-state index contributed by atoms with van der Waals surface area (Å²) in [4.78, 5) is 13.2. The Labute approximate surface area is 474 Å². The lowest BCUT2D eigenvalue weighted by atomic mass is 9.98. The molecule has 0 aliphatic carbocycles. The van der Waals surface area contributed by atoms with Gasteiger partial charge in [0.05, 0.1) is 25.4 Å². The third kappa shape index (κ3) is 43.0. The van der Waals surface area contributed by atoms with Crippen LogP contribution in [0.4, 0.5) is 0 Å². The van der Waals surface area contributed by atoms with Crippen LogP contribution in [0.15, 0.2) is 24.3 Å². The molecule has 11 nitrogen and oxygen atoms in total. The van der Waals surface area contributed by atoms with Crippen LogP contribution in [0.3, 0.4) is 0 Å². The lowest BCUT2D eigenvalue weighted by Crippen LogP contribution is -2.60. The first-order valence-corrected chi connectivity index (χ1v) is 33.2. The van der Waals surface area contributed by atoms with Crippen LogP contribution in [0.2, 0.25) is 0 Å². The maximum atomic E-state index is 13.2. The van der Waals surface area contributed by atoms with Crippen LogP contribution >= 0.6 is 0 Å². The van der Waals surface area contributed by atoms with Gasteiger partial charge in [-0.1, -0.05) is 282 Å². The van der Waals surface area contributed by atoms with Crippen LogP contribution < -0.4 is 5.32 Å². The largest absolute Gasteiger partial charge is 0.394 e. The Balaban J connectivity index is 2.25. The third-order valence-electron chi connectivity index (χ3n) is 16.2. The molecular weight excluding hydrogens is 967 g/mol. The van der Waals surface area contributed by atoms with Gasteiger partial charge in [-0.05, 0) is 64.2 Å². The van der Waals surface area contributed by atoms with Crippen LogP contribution in [-0.2, 0) is 14.3 Å². The molecule has 8 N–H and O–H groups in total. The number of aliphatic hydroxyl groups is 7. The first-order chi connectivity index (χ1) is 37.7. The number of carbonyl (C=O) groups excluding carboxylic acids is 1. The van der Waals surface area contributed by atoms with Gasteiger partial charge < -0.3 is 50.5 Å². The number of unbranched alkanes of at least 4 members (excludes halogenated alkanes) is 42. The molecule has 0 bridgehead atoms. The van der Waals surface area contributed by atoms with Crippen LogP contribution in [0, 0.1) is 0 Å². The van der Waals surface area contributed by atoms with Gasteiger partial charge in [-0.25, -0.2) is 0 Å². The molecule has 1 rings (SSSR count). The number of allylic oxidation sites excluding steroid dienone is 4. The number of rotatable bonds is 58. The summed E-state index contributed by atoms with van der Waals surface area (Å²) in [5.74, 6) is -0.706. The molecule has 1 heterocycles. The summed E-state index contributed by atoms with van der Waals surface area (Å²) in [7, 11) is 0. The van der Waals surface area contributed by atoms with Crippen molar-refractivity contribution in [2.75, 3.05) is 13.2 Å². The minimum atomic E-state index is -1.67. The molecule has 0 aromatic heterocycles. The van der Waals surface area contributed by atoms with Crippen LogP contribution in [-0.4, -0.2) is 110 Å². The summed E-state index contributed by atoms with van der Waals surface area (Å²) < 4.78 is 11.2. The lowest BCUT2D eigenvalue weighted by Gasteiger charge is -2.40. The molecule has 9 unspecified atom stereocenters. The summed E-state index contributed by atoms with van der Waals surface area (Å²) in [5.41, 5.74) is 0. The second kappa shape index (κ2) is 55.1. The molecule has 1 fully saturated rings. The van der Waals surface area contributed by atoms with Crippen molar-refractivity contribution in [2.45, 2.75) is 377 Å². The Morgan fingerprint density at radius 3 is 1.12 bits per heavy atom. The quantitative estimate of drug-likeness (QED) is 0.0215. The summed E-state index contributed by atoms with van der Waals surface area (Å²) in [6.45, 7) is 3.49. The van der Waals surface area contributed by atoms with Gasteiger partial charge >= 0.3 is 0 Å². The van der Waals surface area contributed by atoms with Gasteiger partial charge in [0.2, 0.25) is 5.91 Å². The highest BCUT2D eigenvalue weighted by Crippen LogP contribution is 2.24. The van der Waals surface area contributed by atoms with E-state index in [1.165, 1.54) is 225 Å². The third-order valence-corrected chi connectivity index (χ3v) is 16.2. The smallest absolute Gasteiger partial charge is 0.249 e. The van der Waals surface area contributed by atoms with Gasteiger partial charge in [-0.2, -0.15) is 0 Å². The van der Waals surface area contributed by atoms with Crippen molar-refractivity contribution in [3.8, 4) is 0 Å². The Hall–Kier alpha value is -1.41. The Morgan fingerprint density at radius 1 is 0.442 bits per heavy atom. The van der Waals surface area contributed by atoms with Crippen molar-refractivity contribution in [3.05, 3.63) is 24.3 Å². The molecule has 9 atom stereocenters. The van der Waals surface area contributed by atoms with Gasteiger partial charge in [-0.15, -0.1) is 0 Å². The van der Waals surface area contributed by atoms with E-state index in [9.17, 15) is 40.5 Å². The van der Waals surface area contributed by atoms with E-state index in [-0.39, 0.29) is 12.8 Å². The molecule has 0 aromatic rings. The van der Waals surface area contributed by atoms with Gasteiger partial charge in [0, 0.05) is 0 Å². The fourth-order valence-corrected chi connectivity index (χ4v) is 10.9. The van der Waals surface area contributed by atoms with E-state index >= 15 is 0 Å². The van der Waals surface area contributed by atoms with Gasteiger partial charge in [0.15, 0.2) is 6.29 Å². The second-order valence-corrected chi connectivity index (χ2v) is 23.5. The van der Waals surface area contributed by atoms with Crippen LogP contribution in [0.25, 0.3) is 0 Å². The number of hydrogen-bond acceptors (Lipinski definition) is 10. The molecular formula is C66H127NO10. The number of aliphatic hydroxyl groups excluding tert-OH is 7. The monoisotopic (exact) mass is 1090 g/mol. The number of nitrogens with one attached hydrogen (secondary N) is 1. The van der Waals surface area contributed by atoms with E-state index in [4.69, 9.17) is 9.47 Å². The number of ether oxygens (including phenoxy) is 2. The molecule has 11 heteroatoms. The van der Waals surface area contributed by atoms with Crippen molar-refractivity contribution in [1.82, 2.24) is 5.32 Å².